The second-order valence-electron chi connectivity index (χ2n) is 6.13. The maximum absolute atomic E-state index is 12.6. The van der Waals surface area contributed by atoms with Crippen molar-refractivity contribution < 1.29 is 9.32 Å². The van der Waals surface area contributed by atoms with Gasteiger partial charge in [0.15, 0.2) is 0 Å². The van der Waals surface area contributed by atoms with Gasteiger partial charge in [0.1, 0.15) is 17.0 Å². The Morgan fingerprint density at radius 2 is 2.12 bits per heavy atom. The van der Waals surface area contributed by atoms with Crippen LogP contribution in [0.5, 0.6) is 0 Å². The molecule has 0 spiro atoms. The number of rotatable bonds is 5. The van der Waals surface area contributed by atoms with Gasteiger partial charge in [-0.1, -0.05) is 39.6 Å². The number of nitrogens with one attached hydrogen (secondary N) is 1. The van der Waals surface area contributed by atoms with Crippen LogP contribution in [-0.4, -0.2) is 42.1 Å². The second kappa shape index (κ2) is 7.94. The normalized spacial score (nSPS) is 15.4. The molecule has 0 atom stereocenters. The van der Waals surface area contributed by atoms with Crippen molar-refractivity contribution in [2.24, 2.45) is 0 Å². The van der Waals surface area contributed by atoms with Crippen molar-refractivity contribution >= 4 is 21.8 Å². The van der Waals surface area contributed by atoms with Gasteiger partial charge in [0.2, 0.25) is 0 Å². The lowest BCUT2D eigenvalue weighted by atomic mass is 10.1. The Morgan fingerprint density at radius 3 is 2.88 bits per heavy atom. The smallest absolute Gasteiger partial charge is 0.257 e. The van der Waals surface area contributed by atoms with Gasteiger partial charge in [0.05, 0.1) is 0 Å². The van der Waals surface area contributed by atoms with Crippen LogP contribution < -0.4 is 5.32 Å². The topological polar surface area (TPSA) is 58.4 Å². The number of likely N-dealkylation sites (tertiary alicyclic amines) is 1. The number of hydrogen-bond acceptors (Lipinski definition) is 4. The van der Waals surface area contributed by atoms with Crippen molar-refractivity contribution in [2.45, 2.75) is 26.2 Å². The number of carbonyl (C=O) groups excluding carboxylic acids is 1. The van der Waals surface area contributed by atoms with Gasteiger partial charge >= 0.3 is 0 Å². The number of halogens is 1. The number of nitrogens with zero attached hydrogens (tertiary/aromatic N) is 2. The fourth-order valence-electron chi connectivity index (χ4n) is 3.07. The Labute approximate surface area is 150 Å². The zero-order chi connectivity index (χ0) is 16.9. The first-order valence-corrected chi connectivity index (χ1v) is 9.17. The van der Waals surface area contributed by atoms with Crippen LogP contribution in [0.4, 0.5) is 0 Å². The summed E-state index contributed by atoms with van der Waals surface area (Å²) >= 11 is 3.45. The van der Waals surface area contributed by atoms with Gasteiger partial charge in [0.25, 0.3) is 5.91 Å². The van der Waals surface area contributed by atoms with Gasteiger partial charge < -0.3 is 14.7 Å². The van der Waals surface area contributed by atoms with Crippen molar-refractivity contribution in [3.05, 3.63) is 40.1 Å². The number of benzene rings is 1. The van der Waals surface area contributed by atoms with E-state index in [0.717, 1.165) is 29.7 Å². The van der Waals surface area contributed by atoms with E-state index in [2.05, 4.69) is 31.3 Å². The highest BCUT2D eigenvalue weighted by Crippen LogP contribution is 2.27. The molecule has 1 amide bonds. The van der Waals surface area contributed by atoms with Gasteiger partial charge in [-0.25, -0.2) is 0 Å². The largest absolute Gasteiger partial charge is 0.360 e. The Morgan fingerprint density at radius 1 is 1.33 bits per heavy atom. The van der Waals surface area contributed by atoms with Gasteiger partial charge in [0, 0.05) is 23.1 Å². The maximum atomic E-state index is 12.6. The molecule has 0 radical (unpaired) electrons. The average Bonchev–Trinajstić information content (AvgIpc) is 2.97. The summed E-state index contributed by atoms with van der Waals surface area (Å²) in [5.41, 5.74) is 1.97. The number of amides is 1. The molecule has 1 N–H and O–H groups in total. The summed E-state index contributed by atoms with van der Waals surface area (Å²) in [5, 5.41) is 7.08. The maximum Gasteiger partial charge on any atom is 0.257 e. The highest BCUT2D eigenvalue weighted by molar-refractivity contribution is 9.10. The highest BCUT2D eigenvalue weighted by Gasteiger charge is 2.21. The first-order valence-electron chi connectivity index (χ1n) is 8.38. The molecule has 2 heterocycles. The first-order chi connectivity index (χ1) is 11.6. The summed E-state index contributed by atoms with van der Waals surface area (Å²) in [5.74, 6) is 0.418. The summed E-state index contributed by atoms with van der Waals surface area (Å²) in [4.78, 5) is 15.0. The summed E-state index contributed by atoms with van der Waals surface area (Å²) in [7, 11) is 0. The zero-order valence-corrected chi connectivity index (χ0v) is 15.4. The van der Waals surface area contributed by atoms with E-state index < -0.39 is 0 Å². The summed E-state index contributed by atoms with van der Waals surface area (Å²) in [6.07, 6.45) is 3.83. The van der Waals surface area contributed by atoms with Crippen molar-refractivity contribution in [1.82, 2.24) is 15.4 Å². The lowest BCUT2D eigenvalue weighted by Gasteiger charge is -2.26. The average molecular weight is 392 g/mol. The lowest BCUT2D eigenvalue weighted by Crippen LogP contribution is -2.37. The van der Waals surface area contributed by atoms with Crippen LogP contribution >= 0.6 is 15.9 Å². The highest BCUT2D eigenvalue weighted by atomic mass is 79.9. The molecule has 0 unspecified atom stereocenters. The Balaban J connectivity index is 1.67. The number of carbonyl (C=O) groups is 1. The molecule has 1 fully saturated rings. The van der Waals surface area contributed by atoms with E-state index in [0.29, 0.717) is 23.6 Å². The van der Waals surface area contributed by atoms with Crippen LogP contribution in [0.1, 0.15) is 35.4 Å². The minimum atomic E-state index is -0.124. The van der Waals surface area contributed by atoms with Crippen LogP contribution in [0, 0.1) is 6.92 Å². The molecule has 0 bridgehead atoms. The van der Waals surface area contributed by atoms with Gasteiger partial charge in [-0.2, -0.15) is 0 Å². The minimum Gasteiger partial charge on any atom is -0.360 e. The van der Waals surface area contributed by atoms with Crippen LogP contribution in [-0.2, 0) is 0 Å². The third-order valence-electron chi connectivity index (χ3n) is 4.35. The predicted octanol–water partition coefficient (Wildman–Crippen LogP) is 3.63. The van der Waals surface area contributed by atoms with E-state index >= 15 is 0 Å². The molecule has 1 aliphatic rings. The van der Waals surface area contributed by atoms with E-state index in [4.69, 9.17) is 4.52 Å². The summed E-state index contributed by atoms with van der Waals surface area (Å²) in [6.45, 7) is 5.56. The minimum absolute atomic E-state index is 0.124. The van der Waals surface area contributed by atoms with Crippen LogP contribution in [0.3, 0.4) is 0 Å². The Bertz CT molecular complexity index is 708. The van der Waals surface area contributed by atoms with Gasteiger partial charge in [-0.15, -0.1) is 0 Å². The molecular formula is C18H22BrN3O2. The molecule has 5 nitrogen and oxygen atoms in total. The third kappa shape index (κ3) is 4.05. The van der Waals surface area contributed by atoms with E-state index in [-0.39, 0.29) is 5.91 Å². The van der Waals surface area contributed by atoms with Crippen molar-refractivity contribution in [1.29, 1.82) is 0 Å². The molecular weight excluding hydrogens is 370 g/mol. The second-order valence-corrected chi connectivity index (χ2v) is 7.05. The number of piperidine rings is 1. The monoisotopic (exact) mass is 391 g/mol. The standard InChI is InChI=1S/C18H22BrN3O2/c1-13-16(17(21-24-13)14-6-5-7-15(19)12-14)18(23)20-8-11-22-9-3-2-4-10-22/h5-7,12H,2-4,8-11H2,1H3,(H,20,23). The summed E-state index contributed by atoms with van der Waals surface area (Å²) in [6, 6.07) is 7.71. The molecule has 1 aromatic heterocycles. The van der Waals surface area contributed by atoms with E-state index in [1.807, 2.05) is 24.3 Å². The molecule has 2 aromatic rings. The van der Waals surface area contributed by atoms with E-state index in [1.165, 1.54) is 19.3 Å². The van der Waals surface area contributed by atoms with Crippen LogP contribution in [0.2, 0.25) is 0 Å². The van der Waals surface area contributed by atoms with Crippen molar-refractivity contribution in [2.75, 3.05) is 26.2 Å². The van der Waals surface area contributed by atoms with Crippen LogP contribution in [0.15, 0.2) is 33.3 Å². The molecule has 24 heavy (non-hydrogen) atoms. The van der Waals surface area contributed by atoms with E-state index in [1.54, 1.807) is 6.92 Å². The Kier molecular flexibility index (Phi) is 5.68. The third-order valence-corrected chi connectivity index (χ3v) is 4.84. The van der Waals surface area contributed by atoms with Gasteiger partial charge in [-0.3, -0.25) is 4.79 Å². The molecule has 1 aromatic carbocycles. The number of aromatic nitrogens is 1. The number of aryl methyl sites for hydroxylation is 1. The molecule has 1 aliphatic heterocycles. The van der Waals surface area contributed by atoms with E-state index in [9.17, 15) is 4.79 Å². The predicted molar refractivity (Wildman–Crippen MR) is 97.0 cm³/mol. The SMILES string of the molecule is Cc1onc(-c2cccc(Br)c2)c1C(=O)NCCN1CCCCC1. The van der Waals surface area contributed by atoms with Crippen molar-refractivity contribution in [3.63, 3.8) is 0 Å². The molecule has 0 aliphatic carbocycles. The van der Waals surface area contributed by atoms with Gasteiger partial charge in [-0.05, 0) is 45.0 Å². The molecule has 3 rings (SSSR count). The van der Waals surface area contributed by atoms with Crippen molar-refractivity contribution in [3.8, 4) is 11.3 Å². The molecule has 0 saturated carbocycles. The summed E-state index contributed by atoms with van der Waals surface area (Å²) < 4.78 is 6.21. The first kappa shape index (κ1) is 17.2. The molecule has 128 valence electrons. The quantitative estimate of drug-likeness (QED) is 0.845. The number of hydrogen-bond donors (Lipinski definition) is 1. The molecule has 1 saturated heterocycles. The zero-order valence-electron chi connectivity index (χ0n) is 13.8. The fraction of sp³-hybridized carbons (Fsp3) is 0.444. The fourth-order valence-corrected chi connectivity index (χ4v) is 3.47. The van der Waals surface area contributed by atoms with Crippen LogP contribution in [0.25, 0.3) is 11.3 Å². The Hall–Kier alpha value is -1.66. The molecule has 6 heteroatoms. The lowest BCUT2D eigenvalue weighted by molar-refractivity contribution is 0.0945.